The van der Waals surface area contributed by atoms with Crippen LogP contribution in [-0.4, -0.2) is 41.6 Å². The maximum atomic E-state index is 11.2. The Bertz CT molecular complexity index is 1090. The molecule has 148 valence electrons. The second-order valence-corrected chi connectivity index (χ2v) is 6.03. The van der Waals surface area contributed by atoms with Gasteiger partial charge in [-0.05, 0) is 6.07 Å². The van der Waals surface area contributed by atoms with Crippen LogP contribution >= 0.6 is 0 Å². The van der Waals surface area contributed by atoms with Gasteiger partial charge in [-0.1, -0.05) is 30.3 Å². The maximum Gasteiger partial charge on any atom is 0.300 e. The van der Waals surface area contributed by atoms with Gasteiger partial charge in [0.1, 0.15) is 13.2 Å². The molecule has 3 aromatic rings. The van der Waals surface area contributed by atoms with E-state index in [0.717, 1.165) is 12.5 Å². The monoisotopic (exact) mass is 395 g/mol. The number of hydrogen-bond donors (Lipinski definition) is 2. The largest absolute Gasteiger partial charge is 0.481 e. The van der Waals surface area contributed by atoms with Crippen molar-refractivity contribution in [1.29, 1.82) is 0 Å². The van der Waals surface area contributed by atoms with E-state index in [1.165, 1.54) is 12.1 Å². The highest BCUT2D eigenvalue weighted by atomic mass is 16.6. The molecule has 4 rings (SSSR count). The minimum atomic E-state index is -0.833. The van der Waals surface area contributed by atoms with Crippen molar-refractivity contribution in [2.24, 2.45) is 4.99 Å². The first-order valence-corrected chi connectivity index (χ1v) is 8.55. The highest BCUT2D eigenvalue weighted by molar-refractivity contribution is 6.15. The zero-order chi connectivity index (χ0) is 21.0. The molecule has 10 heteroatoms. The molecular formula is C19H17N5O5. The molecule has 0 fully saturated rings. The van der Waals surface area contributed by atoms with Gasteiger partial charge in [0, 0.05) is 30.2 Å². The second-order valence-electron chi connectivity index (χ2n) is 6.03. The molecule has 0 atom stereocenters. The van der Waals surface area contributed by atoms with E-state index >= 15 is 0 Å². The zero-order valence-electron chi connectivity index (χ0n) is 15.4. The summed E-state index contributed by atoms with van der Waals surface area (Å²) in [7, 11) is 0. The minimum absolute atomic E-state index is 0.0237. The van der Waals surface area contributed by atoms with Crippen molar-refractivity contribution >= 4 is 17.4 Å². The average molecular weight is 395 g/mol. The number of aliphatic hydroxyl groups is 1. The maximum absolute atomic E-state index is 11.2. The number of aromatic nitrogens is 3. The molecule has 0 unspecified atom stereocenters. The van der Waals surface area contributed by atoms with Crippen molar-refractivity contribution < 1.29 is 19.9 Å². The number of aliphatic imine (C=N–C) groups is 1. The normalized spacial score (nSPS) is 11.9. The Labute approximate surface area is 164 Å². The predicted octanol–water partition coefficient (Wildman–Crippen LogP) is 2.11. The van der Waals surface area contributed by atoms with Crippen LogP contribution < -0.4 is 0 Å². The van der Waals surface area contributed by atoms with Crippen molar-refractivity contribution in [3.05, 3.63) is 81.4 Å². The van der Waals surface area contributed by atoms with Crippen LogP contribution in [0.15, 0.2) is 53.5 Å². The Hall–Kier alpha value is -3.92. The third-order valence-electron chi connectivity index (χ3n) is 4.05. The topological polar surface area (TPSA) is 144 Å². The van der Waals surface area contributed by atoms with Crippen LogP contribution in [-0.2, 0) is 17.9 Å². The number of aliphatic carboxylic acids is 1. The van der Waals surface area contributed by atoms with Crippen LogP contribution in [0.1, 0.15) is 29.7 Å². The summed E-state index contributed by atoms with van der Waals surface area (Å²) >= 11 is 0. The van der Waals surface area contributed by atoms with E-state index in [0.29, 0.717) is 28.6 Å². The Kier molecular flexibility index (Phi) is 5.74. The third kappa shape index (κ3) is 4.17. The number of carbonyl (C=O) groups is 1. The number of carboxylic acid groups (broad SMARTS) is 1. The summed E-state index contributed by atoms with van der Waals surface area (Å²) in [4.78, 5) is 24.4. The number of fused-ring (bicyclic) bond motifs is 3. The van der Waals surface area contributed by atoms with Crippen molar-refractivity contribution in [3.8, 4) is 5.69 Å². The second kappa shape index (κ2) is 8.40. The first-order chi connectivity index (χ1) is 13.9. The van der Waals surface area contributed by atoms with Gasteiger partial charge >= 0.3 is 0 Å². The van der Waals surface area contributed by atoms with Gasteiger partial charge < -0.3 is 10.2 Å². The van der Waals surface area contributed by atoms with Crippen molar-refractivity contribution in [2.45, 2.75) is 20.1 Å². The van der Waals surface area contributed by atoms with Crippen LogP contribution in [0.5, 0.6) is 0 Å². The first-order valence-electron chi connectivity index (χ1n) is 8.55. The number of hydrogen-bond acceptors (Lipinski definition) is 7. The Morgan fingerprint density at radius 3 is 2.52 bits per heavy atom. The molecule has 1 aromatic heterocycles. The number of nitro groups is 1. The minimum Gasteiger partial charge on any atom is -0.481 e. The smallest absolute Gasteiger partial charge is 0.300 e. The molecule has 0 aliphatic carbocycles. The Balaban J connectivity index is 0.000000552. The van der Waals surface area contributed by atoms with Gasteiger partial charge in [0.15, 0.2) is 11.6 Å². The lowest BCUT2D eigenvalue weighted by molar-refractivity contribution is -0.384. The molecular weight excluding hydrogens is 378 g/mol. The molecule has 2 heterocycles. The van der Waals surface area contributed by atoms with Crippen molar-refractivity contribution in [2.75, 3.05) is 0 Å². The summed E-state index contributed by atoms with van der Waals surface area (Å²) in [5.41, 5.74) is 2.75. The predicted molar refractivity (Wildman–Crippen MR) is 103 cm³/mol. The Morgan fingerprint density at radius 1 is 1.21 bits per heavy atom. The van der Waals surface area contributed by atoms with E-state index in [2.05, 4.69) is 15.2 Å². The van der Waals surface area contributed by atoms with Crippen molar-refractivity contribution in [3.63, 3.8) is 0 Å². The van der Waals surface area contributed by atoms with E-state index in [-0.39, 0.29) is 18.8 Å². The third-order valence-corrected chi connectivity index (χ3v) is 4.05. The average Bonchev–Trinajstić information content (AvgIpc) is 3.04. The number of benzene rings is 2. The molecule has 1 aliphatic rings. The molecule has 29 heavy (non-hydrogen) atoms. The summed E-state index contributed by atoms with van der Waals surface area (Å²) in [5, 5.41) is 36.3. The van der Waals surface area contributed by atoms with Gasteiger partial charge in [-0.2, -0.15) is 0 Å². The molecule has 0 bridgehead atoms. The molecule has 0 saturated carbocycles. The molecule has 2 N–H and O–H groups in total. The first kappa shape index (κ1) is 19.8. The summed E-state index contributed by atoms with van der Waals surface area (Å²) in [6, 6.07) is 14.0. The number of non-ortho nitro benzene ring substituents is 1. The van der Waals surface area contributed by atoms with Gasteiger partial charge in [-0.15, -0.1) is 10.2 Å². The summed E-state index contributed by atoms with van der Waals surface area (Å²) in [6.07, 6.45) is 0. The molecule has 0 amide bonds. The lowest BCUT2D eigenvalue weighted by Gasteiger charge is -2.12. The SMILES string of the molecule is CC(=O)O.O=[N+]([O-])c1ccc2c(c1)C(c1ccccc1)=NCc1nnc(CO)n1-2. The van der Waals surface area contributed by atoms with E-state index in [4.69, 9.17) is 9.90 Å². The van der Waals surface area contributed by atoms with Crippen molar-refractivity contribution in [1.82, 2.24) is 14.8 Å². The van der Waals surface area contributed by atoms with Gasteiger partial charge in [-0.3, -0.25) is 24.5 Å². The lowest BCUT2D eigenvalue weighted by Crippen LogP contribution is -2.10. The van der Waals surface area contributed by atoms with E-state index in [1.54, 1.807) is 10.6 Å². The van der Waals surface area contributed by atoms with E-state index < -0.39 is 10.9 Å². The summed E-state index contributed by atoms with van der Waals surface area (Å²) in [5.74, 6) is 0.111. The van der Waals surface area contributed by atoms with E-state index in [9.17, 15) is 15.2 Å². The van der Waals surface area contributed by atoms with Crippen LogP contribution in [0.25, 0.3) is 5.69 Å². The number of nitrogens with zero attached hydrogens (tertiary/aromatic N) is 5. The zero-order valence-corrected chi connectivity index (χ0v) is 15.4. The number of rotatable bonds is 3. The van der Waals surface area contributed by atoms with Crippen LogP contribution in [0, 0.1) is 10.1 Å². The van der Waals surface area contributed by atoms with Gasteiger partial charge in [-0.25, -0.2) is 0 Å². The number of carboxylic acids is 1. The molecule has 0 saturated heterocycles. The fourth-order valence-corrected chi connectivity index (χ4v) is 2.94. The molecule has 1 aliphatic heterocycles. The van der Waals surface area contributed by atoms with E-state index in [1.807, 2.05) is 30.3 Å². The van der Waals surface area contributed by atoms with Gasteiger partial charge in [0.2, 0.25) is 0 Å². The number of aliphatic hydroxyl groups excluding tert-OH is 1. The van der Waals surface area contributed by atoms with Crippen LogP contribution in [0.2, 0.25) is 0 Å². The Morgan fingerprint density at radius 2 is 1.90 bits per heavy atom. The highest BCUT2D eigenvalue weighted by Gasteiger charge is 2.24. The van der Waals surface area contributed by atoms with Crippen LogP contribution in [0.3, 0.4) is 0 Å². The summed E-state index contributed by atoms with van der Waals surface area (Å²) in [6.45, 7) is 1.06. The van der Waals surface area contributed by atoms with Gasteiger partial charge in [0.25, 0.3) is 11.7 Å². The highest BCUT2D eigenvalue weighted by Crippen LogP contribution is 2.29. The molecule has 2 aromatic carbocycles. The summed E-state index contributed by atoms with van der Waals surface area (Å²) < 4.78 is 1.71. The fraction of sp³-hybridized carbons (Fsp3) is 0.158. The quantitative estimate of drug-likeness (QED) is 0.510. The van der Waals surface area contributed by atoms with Gasteiger partial charge in [0.05, 0.1) is 16.3 Å². The number of nitro benzene ring substituents is 1. The molecule has 10 nitrogen and oxygen atoms in total. The lowest BCUT2D eigenvalue weighted by atomic mass is 10.00. The van der Waals surface area contributed by atoms with Crippen LogP contribution in [0.4, 0.5) is 5.69 Å². The molecule has 0 spiro atoms. The molecule has 0 radical (unpaired) electrons. The standard InChI is InChI=1S/C17H13N5O3.C2H4O2/c23-10-16-20-19-15-9-18-17(11-4-2-1-3-5-11)13-8-12(22(24)25)6-7-14(13)21(15)16;1-2(3)4/h1-8,23H,9-10H2;1H3,(H,3,4). The fourth-order valence-electron chi connectivity index (χ4n) is 2.94.